The van der Waals surface area contributed by atoms with Crippen LogP contribution in [0.25, 0.3) is 0 Å². The van der Waals surface area contributed by atoms with Gasteiger partial charge in [-0.25, -0.2) is 4.79 Å². The van der Waals surface area contributed by atoms with Crippen molar-refractivity contribution in [2.75, 3.05) is 0 Å². The van der Waals surface area contributed by atoms with Crippen LogP contribution in [-0.4, -0.2) is 20.7 Å². The molecule has 0 fully saturated rings. The number of carbonyl (C=O) groups excluding carboxylic acids is 1. The first-order valence-electron chi connectivity index (χ1n) is 8.96. The molecule has 0 aliphatic heterocycles. The van der Waals surface area contributed by atoms with Crippen molar-refractivity contribution >= 4 is 5.97 Å². The zero-order chi connectivity index (χ0) is 21.2. The number of carbonyl (C=O) groups is 1. The van der Waals surface area contributed by atoms with Gasteiger partial charge in [-0.2, -0.15) is 0 Å². The van der Waals surface area contributed by atoms with Crippen LogP contribution >= 0.6 is 0 Å². The van der Waals surface area contributed by atoms with Crippen LogP contribution in [0.4, 0.5) is 0 Å². The van der Waals surface area contributed by atoms with Gasteiger partial charge in [-0.15, -0.1) is 12.3 Å². The van der Waals surface area contributed by atoms with Gasteiger partial charge in [-0.3, -0.25) is 18.7 Å². The van der Waals surface area contributed by atoms with Gasteiger partial charge in [0.05, 0.1) is 6.42 Å². The highest BCUT2D eigenvalue weighted by Gasteiger charge is 2.14. The second-order valence-electron chi connectivity index (χ2n) is 6.93. The summed E-state index contributed by atoms with van der Waals surface area (Å²) in [5, 5.41) is 0. The summed E-state index contributed by atoms with van der Waals surface area (Å²) in [4.78, 5) is 34.5. The molecular weight excluding hydrogens is 344 g/mol. The summed E-state index contributed by atoms with van der Waals surface area (Å²) in [6.45, 7) is 12.7. The van der Waals surface area contributed by atoms with Gasteiger partial charge in [0, 0.05) is 31.8 Å². The third-order valence-corrected chi connectivity index (χ3v) is 3.55. The Hall–Kier alpha value is -2.59. The van der Waals surface area contributed by atoms with E-state index in [4.69, 9.17) is 4.74 Å². The maximum atomic E-state index is 11.9. The van der Waals surface area contributed by atoms with E-state index in [0.717, 1.165) is 10.3 Å². The number of hydrogen-bond acceptors (Lipinski definition) is 4. The zero-order valence-electron chi connectivity index (χ0n) is 17.6. The first kappa shape index (κ1) is 24.4. The Morgan fingerprint density at radius 2 is 1.81 bits per heavy atom. The molecule has 1 heterocycles. The van der Waals surface area contributed by atoms with Crippen LogP contribution in [0.3, 0.4) is 0 Å². The van der Waals surface area contributed by atoms with Crippen LogP contribution in [0, 0.1) is 0 Å². The van der Waals surface area contributed by atoms with Gasteiger partial charge in [0.15, 0.2) is 0 Å². The lowest BCUT2D eigenvalue weighted by atomic mass is 10.1. The molecule has 1 aromatic heterocycles. The molecule has 6 nitrogen and oxygen atoms in total. The predicted octanol–water partition coefficient (Wildman–Crippen LogP) is 2.82. The van der Waals surface area contributed by atoms with E-state index < -0.39 is 0 Å². The topological polar surface area (TPSA) is 70.3 Å². The van der Waals surface area contributed by atoms with Gasteiger partial charge >= 0.3 is 11.7 Å². The quantitative estimate of drug-likeness (QED) is 0.450. The van der Waals surface area contributed by atoms with Crippen molar-refractivity contribution in [1.29, 1.82) is 0 Å². The number of esters is 1. The fraction of sp³-hybridized carbons (Fsp3) is 0.524. The van der Waals surface area contributed by atoms with E-state index in [2.05, 4.69) is 12.3 Å². The van der Waals surface area contributed by atoms with Gasteiger partial charge in [0.1, 0.15) is 5.60 Å². The Balaban J connectivity index is 0.000000580. The van der Waals surface area contributed by atoms with E-state index in [1.165, 1.54) is 17.7 Å². The predicted molar refractivity (Wildman–Crippen MR) is 109 cm³/mol. The van der Waals surface area contributed by atoms with Gasteiger partial charge in [0.2, 0.25) is 0 Å². The largest absolute Gasteiger partial charge is 0.460 e. The van der Waals surface area contributed by atoms with E-state index in [-0.39, 0.29) is 29.2 Å². The average Bonchev–Trinajstić information content (AvgIpc) is 2.57. The third-order valence-electron chi connectivity index (χ3n) is 3.55. The fourth-order valence-corrected chi connectivity index (χ4v) is 2.35. The standard InChI is InChI=1S/C13H18N2O2.C8H14O2/c1-5-7-8-9-11-10(6-2)12(16)15(4)13(17)14(11)3;1-5-6-7(9)10-8(2,3)4/h5,8H,6,9H2,1-4H3;5H,1,6H2,2-4H3. The van der Waals surface area contributed by atoms with Crippen molar-refractivity contribution < 1.29 is 9.53 Å². The number of nitrogens with zero attached hydrogens (tertiary/aromatic N) is 2. The van der Waals surface area contributed by atoms with Crippen molar-refractivity contribution in [3.05, 3.63) is 62.6 Å². The molecule has 0 bridgehead atoms. The molecule has 6 heteroatoms. The molecule has 0 radical (unpaired) electrons. The Bertz CT molecular complexity index is 829. The summed E-state index contributed by atoms with van der Waals surface area (Å²) in [5.41, 5.74) is 3.57. The molecule has 150 valence electrons. The average molecular weight is 376 g/mol. The summed E-state index contributed by atoms with van der Waals surface area (Å²) in [5.74, 6) is -0.220. The third kappa shape index (κ3) is 8.09. The van der Waals surface area contributed by atoms with E-state index in [1.807, 2.05) is 40.7 Å². The number of ether oxygens (including phenoxy) is 1. The highest BCUT2D eigenvalue weighted by atomic mass is 16.6. The maximum Gasteiger partial charge on any atom is 0.330 e. The second kappa shape index (κ2) is 11.2. The zero-order valence-corrected chi connectivity index (χ0v) is 17.6. The highest BCUT2D eigenvalue weighted by molar-refractivity contribution is 5.71. The number of aromatic nitrogens is 2. The van der Waals surface area contributed by atoms with Crippen molar-refractivity contribution in [1.82, 2.24) is 9.13 Å². The molecule has 0 saturated carbocycles. The monoisotopic (exact) mass is 376 g/mol. The van der Waals surface area contributed by atoms with Crippen LogP contribution < -0.4 is 11.2 Å². The smallest absolute Gasteiger partial charge is 0.330 e. The SMILES string of the molecule is C=CCC(=O)OC(C)(C)C.CC=C=CCc1c(CC)c(=O)n(C)c(=O)n1C. The molecule has 0 aromatic carbocycles. The van der Waals surface area contributed by atoms with Crippen molar-refractivity contribution in [2.45, 2.75) is 59.5 Å². The summed E-state index contributed by atoms with van der Waals surface area (Å²) >= 11 is 0. The van der Waals surface area contributed by atoms with Crippen molar-refractivity contribution in [3.63, 3.8) is 0 Å². The summed E-state index contributed by atoms with van der Waals surface area (Å²) in [6.07, 6.45) is 6.62. The molecule has 0 aliphatic rings. The normalized spacial score (nSPS) is 10.2. The molecule has 27 heavy (non-hydrogen) atoms. The molecule has 0 spiro atoms. The van der Waals surface area contributed by atoms with Gasteiger partial charge in [0.25, 0.3) is 5.56 Å². The summed E-state index contributed by atoms with van der Waals surface area (Å²) < 4.78 is 7.66. The minimum Gasteiger partial charge on any atom is -0.460 e. The molecule has 0 aliphatic carbocycles. The lowest BCUT2D eigenvalue weighted by Gasteiger charge is -2.18. The van der Waals surface area contributed by atoms with E-state index in [9.17, 15) is 14.4 Å². The summed E-state index contributed by atoms with van der Waals surface area (Å²) in [7, 11) is 3.20. The minimum absolute atomic E-state index is 0.195. The Morgan fingerprint density at radius 1 is 1.22 bits per heavy atom. The van der Waals surface area contributed by atoms with Gasteiger partial charge < -0.3 is 4.74 Å². The number of hydrogen-bond donors (Lipinski definition) is 0. The molecule has 0 saturated heterocycles. The summed E-state index contributed by atoms with van der Waals surface area (Å²) in [6, 6.07) is 0. The minimum atomic E-state index is -0.375. The molecule has 1 rings (SSSR count). The number of allylic oxidation sites excluding steroid dienone is 1. The van der Waals surface area contributed by atoms with E-state index >= 15 is 0 Å². The molecular formula is C21H32N2O4. The molecule has 0 unspecified atom stereocenters. The van der Waals surface area contributed by atoms with Crippen LogP contribution in [0.15, 0.2) is 40.1 Å². The molecule has 0 atom stereocenters. The van der Waals surface area contributed by atoms with Crippen LogP contribution in [-0.2, 0) is 36.5 Å². The highest BCUT2D eigenvalue weighted by Crippen LogP contribution is 2.07. The fourth-order valence-electron chi connectivity index (χ4n) is 2.35. The van der Waals surface area contributed by atoms with Gasteiger partial charge in [-0.05, 0) is 46.3 Å². The first-order chi connectivity index (χ1) is 12.5. The lowest BCUT2D eigenvalue weighted by Crippen LogP contribution is -2.40. The molecule has 0 amide bonds. The van der Waals surface area contributed by atoms with E-state index in [0.29, 0.717) is 18.4 Å². The molecule has 1 aromatic rings. The Kier molecular flexibility index (Phi) is 10.1. The lowest BCUT2D eigenvalue weighted by molar-refractivity contribution is -0.153. The van der Waals surface area contributed by atoms with Crippen LogP contribution in [0.5, 0.6) is 0 Å². The van der Waals surface area contributed by atoms with Crippen LogP contribution in [0.2, 0.25) is 0 Å². The number of rotatable bonds is 5. The maximum absolute atomic E-state index is 11.9. The van der Waals surface area contributed by atoms with Crippen molar-refractivity contribution in [2.24, 2.45) is 14.1 Å². The first-order valence-corrected chi connectivity index (χ1v) is 8.96. The molecule has 0 N–H and O–H groups in total. The Labute approximate surface area is 161 Å². The second-order valence-corrected chi connectivity index (χ2v) is 6.93. The van der Waals surface area contributed by atoms with E-state index in [1.54, 1.807) is 13.1 Å². The van der Waals surface area contributed by atoms with Gasteiger partial charge in [-0.1, -0.05) is 13.0 Å². The Morgan fingerprint density at radius 3 is 2.26 bits per heavy atom. The van der Waals surface area contributed by atoms with Crippen LogP contribution in [0.1, 0.15) is 52.3 Å². The van der Waals surface area contributed by atoms with Crippen molar-refractivity contribution in [3.8, 4) is 0 Å².